The molecule has 6 heteroatoms. The van der Waals surface area contributed by atoms with Gasteiger partial charge in [0.25, 0.3) is 5.91 Å². The Morgan fingerprint density at radius 1 is 1.00 bits per heavy atom. The molecule has 1 amide bonds. The highest BCUT2D eigenvalue weighted by Crippen LogP contribution is 2.31. The lowest BCUT2D eigenvalue weighted by Crippen LogP contribution is -2.48. The Morgan fingerprint density at radius 3 is 2.56 bits per heavy atom. The molecule has 27 heavy (non-hydrogen) atoms. The van der Waals surface area contributed by atoms with Crippen molar-refractivity contribution >= 4 is 5.91 Å². The summed E-state index contributed by atoms with van der Waals surface area (Å²) in [5.41, 5.74) is 2.27. The highest BCUT2D eigenvalue weighted by molar-refractivity contribution is 5.94. The van der Waals surface area contributed by atoms with Gasteiger partial charge in [0.05, 0.1) is 11.6 Å². The van der Waals surface area contributed by atoms with Gasteiger partial charge in [0.2, 0.25) is 0 Å². The molecule has 2 aromatic rings. The molecular weight excluding hydrogens is 342 g/mol. The predicted octanol–water partition coefficient (Wildman–Crippen LogP) is 2.29. The highest BCUT2D eigenvalue weighted by Gasteiger charge is 2.23. The molecule has 0 aromatic heterocycles. The second kappa shape index (κ2) is 7.68. The molecule has 0 aliphatic carbocycles. The zero-order valence-corrected chi connectivity index (χ0v) is 15.1. The van der Waals surface area contributed by atoms with Crippen LogP contribution in [0.25, 0.3) is 0 Å². The Bertz CT molecular complexity index is 882. The fourth-order valence-electron chi connectivity index (χ4n) is 3.46. The lowest BCUT2D eigenvalue weighted by molar-refractivity contribution is 0.0628. The number of hydrogen-bond donors (Lipinski definition) is 0. The maximum Gasteiger partial charge on any atom is 0.253 e. The van der Waals surface area contributed by atoms with Gasteiger partial charge in [-0.15, -0.1) is 0 Å². The number of benzene rings is 2. The lowest BCUT2D eigenvalue weighted by atomic mass is 10.1. The highest BCUT2D eigenvalue weighted by atomic mass is 16.6. The molecule has 0 radical (unpaired) electrons. The maximum absolute atomic E-state index is 12.7. The molecule has 2 aromatic carbocycles. The molecule has 138 valence electrons. The Hall–Kier alpha value is -3.04. The molecule has 0 saturated carbocycles. The molecule has 6 nitrogen and oxygen atoms in total. The Balaban J connectivity index is 1.35. The average molecular weight is 363 g/mol. The van der Waals surface area contributed by atoms with Gasteiger partial charge in [-0.25, -0.2) is 0 Å². The van der Waals surface area contributed by atoms with E-state index in [1.807, 2.05) is 17.0 Å². The summed E-state index contributed by atoms with van der Waals surface area (Å²) < 4.78 is 11.2. The summed E-state index contributed by atoms with van der Waals surface area (Å²) in [7, 11) is 0. The van der Waals surface area contributed by atoms with Crippen LogP contribution in [0.1, 0.15) is 21.5 Å². The number of carbonyl (C=O) groups is 1. The number of piperazine rings is 1. The van der Waals surface area contributed by atoms with Crippen molar-refractivity contribution in [1.29, 1.82) is 5.26 Å². The molecule has 2 heterocycles. The van der Waals surface area contributed by atoms with Crippen molar-refractivity contribution in [3.05, 3.63) is 59.2 Å². The number of nitrogens with zero attached hydrogens (tertiary/aromatic N) is 3. The standard InChI is InChI=1S/C21H21N3O3/c22-14-16-2-1-3-18(12-16)21(25)24-8-6-23(7-9-24)15-17-4-5-19-20(13-17)27-11-10-26-19/h1-5,12-13H,6-11,15H2. The van der Waals surface area contributed by atoms with Gasteiger partial charge in [-0.3, -0.25) is 9.69 Å². The van der Waals surface area contributed by atoms with Crippen LogP contribution in [0.3, 0.4) is 0 Å². The number of amides is 1. The number of nitriles is 1. The van der Waals surface area contributed by atoms with Crippen LogP contribution in [0.2, 0.25) is 0 Å². The minimum atomic E-state index is -0.00826. The first-order valence-corrected chi connectivity index (χ1v) is 9.13. The molecule has 0 bridgehead atoms. The van der Waals surface area contributed by atoms with Gasteiger partial charge >= 0.3 is 0 Å². The van der Waals surface area contributed by atoms with Gasteiger partial charge in [0, 0.05) is 38.3 Å². The van der Waals surface area contributed by atoms with Crippen molar-refractivity contribution in [1.82, 2.24) is 9.80 Å². The molecule has 1 fully saturated rings. The van der Waals surface area contributed by atoms with Gasteiger partial charge in [0.15, 0.2) is 11.5 Å². The molecule has 1 saturated heterocycles. The molecule has 0 unspecified atom stereocenters. The van der Waals surface area contributed by atoms with E-state index in [4.69, 9.17) is 14.7 Å². The van der Waals surface area contributed by atoms with E-state index in [0.29, 0.717) is 37.4 Å². The third kappa shape index (κ3) is 3.88. The number of hydrogen-bond acceptors (Lipinski definition) is 5. The number of carbonyl (C=O) groups excluding carboxylic acids is 1. The zero-order valence-electron chi connectivity index (χ0n) is 15.1. The Labute approximate surface area is 158 Å². The summed E-state index contributed by atoms with van der Waals surface area (Å²) in [6.07, 6.45) is 0. The van der Waals surface area contributed by atoms with Crippen LogP contribution in [0.15, 0.2) is 42.5 Å². The van der Waals surface area contributed by atoms with Gasteiger partial charge in [-0.05, 0) is 35.9 Å². The molecule has 0 N–H and O–H groups in total. The van der Waals surface area contributed by atoms with Crippen LogP contribution in [-0.2, 0) is 6.54 Å². The first-order chi connectivity index (χ1) is 13.2. The second-order valence-electron chi connectivity index (χ2n) is 6.74. The molecule has 0 spiro atoms. The van der Waals surface area contributed by atoms with Crippen LogP contribution in [-0.4, -0.2) is 55.1 Å². The minimum absolute atomic E-state index is 0.00826. The third-order valence-electron chi connectivity index (χ3n) is 4.91. The SMILES string of the molecule is N#Cc1cccc(C(=O)N2CCN(Cc3ccc4c(c3)OCCO4)CC2)c1. The third-order valence-corrected chi connectivity index (χ3v) is 4.91. The largest absolute Gasteiger partial charge is 0.486 e. The van der Waals surface area contributed by atoms with Gasteiger partial charge in [-0.2, -0.15) is 5.26 Å². The smallest absolute Gasteiger partial charge is 0.253 e. The normalized spacial score (nSPS) is 16.6. The average Bonchev–Trinajstić information content (AvgIpc) is 2.74. The summed E-state index contributed by atoms with van der Waals surface area (Å²) in [5.74, 6) is 1.61. The van der Waals surface area contributed by atoms with E-state index in [1.54, 1.807) is 24.3 Å². The summed E-state index contributed by atoms with van der Waals surface area (Å²) >= 11 is 0. The van der Waals surface area contributed by atoms with Crippen molar-refractivity contribution in [2.45, 2.75) is 6.54 Å². The van der Waals surface area contributed by atoms with Gasteiger partial charge < -0.3 is 14.4 Å². The van der Waals surface area contributed by atoms with Crippen molar-refractivity contribution < 1.29 is 14.3 Å². The minimum Gasteiger partial charge on any atom is -0.486 e. The Morgan fingerprint density at radius 2 is 1.78 bits per heavy atom. The van der Waals surface area contributed by atoms with Crippen LogP contribution in [0, 0.1) is 11.3 Å². The van der Waals surface area contributed by atoms with Crippen molar-refractivity contribution in [3.8, 4) is 17.6 Å². The topological polar surface area (TPSA) is 65.8 Å². The fraction of sp³-hybridized carbons (Fsp3) is 0.333. The number of ether oxygens (including phenoxy) is 2. The first kappa shape index (κ1) is 17.4. The van der Waals surface area contributed by atoms with E-state index in [2.05, 4.69) is 17.0 Å². The zero-order chi connectivity index (χ0) is 18.6. The predicted molar refractivity (Wildman–Crippen MR) is 99.8 cm³/mol. The van der Waals surface area contributed by atoms with Crippen LogP contribution in [0.5, 0.6) is 11.5 Å². The summed E-state index contributed by atoms with van der Waals surface area (Å²) in [4.78, 5) is 16.9. The quantitative estimate of drug-likeness (QED) is 0.837. The number of rotatable bonds is 3. The van der Waals surface area contributed by atoms with Gasteiger partial charge in [0.1, 0.15) is 13.2 Å². The van der Waals surface area contributed by atoms with Crippen molar-refractivity contribution in [3.63, 3.8) is 0 Å². The van der Waals surface area contributed by atoms with E-state index < -0.39 is 0 Å². The number of fused-ring (bicyclic) bond motifs is 1. The van der Waals surface area contributed by atoms with Crippen molar-refractivity contribution in [2.75, 3.05) is 39.4 Å². The molecule has 4 rings (SSSR count). The summed E-state index contributed by atoms with van der Waals surface area (Å²) in [6.45, 7) is 5.00. The molecule has 2 aliphatic heterocycles. The Kier molecular flexibility index (Phi) is 4.95. The molecule has 2 aliphatic rings. The fourth-order valence-corrected chi connectivity index (χ4v) is 3.46. The lowest BCUT2D eigenvalue weighted by Gasteiger charge is -2.35. The molecule has 0 atom stereocenters. The van der Waals surface area contributed by atoms with Crippen LogP contribution >= 0.6 is 0 Å². The van der Waals surface area contributed by atoms with Crippen LogP contribution < -0.4 is 9.47 Å². The maximum atomic E-state index is 12.7. The van der Waals surface area contributed by atoms with E-state index in [1.165, 1.54) is 5.56 Å². The van der Waals surface area contributed by atoms with E-state index in [9.17, 15) is 4.79 Å². The first-order valence-electron chi connectivity index (χ1n) is 9.13. The van der Waals surface area contributed by atoms with E-state index in [0.717, 1.165) is 31.1 Å². The van der Waals surface area contributed by atoms with Crippen molar-refractivity contribution in [2.24, 2.45) is 0 Å². The van der Waals surface area contributed by atoms with E-state index in [-0.39, 0.29) is 5.91 Å². The summed E-state index contributed by atoms with van der Waals surface area (Å²) in [5, 5.41) is 9.00. The van der Waals surface area contributed by atoms with E-state index >= 15 is 0 Å². The van der Waals surface area contributed by atoms with Crippen LogP contribution in [0.4, 0.5) is 0 Å². The second-order valence-corrected chi connectivity index (χ2v) is 6.74. The molecular formula is C21H21N3O3. The summed E-state index contributed by atoms with van der Waals surface area (Å²) in [6, 6.07) is 15.0. The monoisotopic (exact) mass is 363 g/mol. The van der Waals surface area contributed by atoms with Gasteiger partial charge in [-0.1, -0.05) is 12.1 Å².